The van der Waals surface area contributed by atoms with Crippen molar-refractivity contribution in [3.63, 3.8) is 0 Å². The number of rotatable bonds is 5. The van der Waals surface area contributed by atoms with E-state index >= 15 is 0 Å². The molecule has 3 N–H and O–H groups in total. The smallest absolute Gasteiger partial charge is 0.114 e. The van der Waals surface area contributed by atoms with Crippen LogP contribution in [0.2, 0.25) is 0 Å². The minimum Gasteiger partial charge on any atom is -0.384 e. The Balaban J connectivity index is 3.10. The summed E-state index contributed by atoms with van der Waals surface area (Å²) in [4.78, 5) is 0. The fourth-order valence-electron chi connectivity index (χ4n) is 0.722. The Morgan fingerprint density at radius 2 is 2.20 bits per heavy atom. The maximum Gasteiger partial charge on any atom is 0.114 e. The molecule has 10 heavy (non-hydrogen) atoms. The number of hydrogen-bond donors (Lipinski definition) is 2. The van der Waals surface area contributed by atoms with E-state index in [-0.39, 0.29) is 5.84 Å². The van der Waals surface area contributed by atoms with Gasteiger partial charge in [-0.05, 0) is 18.9 Å². The average molecular weight is 140 g/mol. The van der Waals surface area contributed by atoms with Crippen LogP contribution >= 0.6 is 0 Å². The van der Waals surface area contributed by atoms with E-state index in [2.05, 4.69) is 6.92 Å². The number of nitrogens with one attached hydrogen (secondary N) is 1. The lowest BCUT2D eigenvalue weighted by Crippen LogP contribution is -2.03. The first-order chi connectivity index (χ1) is 4.77. The highest BCUT2D eigenvalue weighted by Crippen LogP contribution is 1.98. The summed E-state index contributed by atoms with van der Waals surface area (Å²) in [7, 11) is 0. The maximum absolute atomic E-state index is 6.87. The maximum atomic E-state index is 6.87. The minimum atomic E-state index is 0.150. The van der Waals surface area contributed by atoms with Crippen LogP contribution in [0.3, 0.4) is 0 Å². The predicted octanol–water partition coefficient (Wildman–Crippen LogP) is 2.06. The molecule has 0 aromatic heterocycles. The number of unbranched alkanes of at least 4 members (excludes halogenated alkanes) is 3. The third kappa shape index (κ3) is 7.21. The number of hydrogen-bond acceptors (Lipinski definition) is 1. The molecule has 0 aromatic carbocycles. The zero-order chi connectivity index (χ0) is 7.82. The van der Waals surface area contributed by atoms with Crippen molar-refractivity contribution in [2.45, 2.75) is 32.6 Å². The topological polar surface area (TPSA) is 49.9 Å². The summed E-state index contributed by atoms with van der Waals surface area (Å²) in [6, 6.07) is 0. The molecule has 0 aliphatic heterocycles. The van der Waals surface area contributed by atoms with Gasteiger partial charge in [0, 0.05) is 0 Å². The van der Waals surface area contributed by atoms with Crippen molar-refractivity contribution >= 4 is 5.84 Å². The molecule has 0 unspecified atom stereocenters. The Hall–Kier alpha value is -0.790. The summed E-state index contributed by atoms with van der Waals surface area (Å²) >= 11 is 0. The van der Waals surface area contributed by atoms with Gasteiger partial charge < -0.3 is 5.73 Å². The Labute approximate surface area is 62.6 Å². The molecule has 0 aliphatic rings. The van der Waals surface area contributed by atoms with Gasteiger partial charge in [0.15, 0.2) is 0 Å². The Morgan fingerprint density at radius 3 is 2.70 bits per heavy atom. The van der Waals surface area contributed by atoms with Crippen LogP contribution in [0.25, 0.3) is 0 Å². The molecule has 58 valence electrons. The molecule has 0 heterocycles. The van der Waals surface area contributed by atoms with E-state index in [4.69, 9.17) is 11.1 Å². The van der Waals surface area contributed by atoms with Gasteiger partial charge in [-0.2, -0.15) is 0 Å². The Bertz CT molecular complexity index is 116. The van der Waals surface area contributed by atoms with E-state index in [1.54, 1.807) is 6.08 Å². The summed E-state index contributed by atoms with van der Waals surface area (Å²) in [6.45, 7) is 2.18. The summed E-state index contributed by atoms with van der Waals surface area (Å²) < 4.78 is 0. The standard InChI is InChI=1S/C8H16N2/c1-2-3-4-5-6-7-8(9)10/h6-7H,2-5H2,1H3,(H3,9,10)/b7-6+. The molecule has 2 heteroatoms. The van der Waals surface area contributed by atoms with E-state index in [0.29, 0.717) is 0 Å². The molecule has 0 atom stereocenters. The van der Waals surface area contributed by atoms with Gasteiger partial charge in [-0.3, -0.25) is 5.41 Å². The van der Waals surface area contributed by atoms with Crippen molar-refractivity contribution in [2.75, 3.05) is 0 Å². The first kappa shape index (κ1) is 9.21. The first-order valence-corrected chi connectivity index (χ1v) is 3.78. The van der Waals surface area contributed by atoms with Gasteiger partial charge in [0.1, 0.15) is 5.84 Å². The van der Waals surface area contributed by atoms with Crippen molar-refractivity contribution in [1.82, 2.24) is 0 Å². The van der Waals surface area contributed by atoms with Gasteiger partial charge in [0.05, 0.1) is 0 Å². The van der Waals surface area contributed by atoms with Crippen LogP contribution in [0.15, 0.2) is 12.2 Å². The largest absolute Gasteiger partial charge is 0.384 e. The van der Waals surface area contributed by atoms with Gasteiger partial charge in [-0.1, -0.05) is 25.8 Å². The van der Waals surface area contributed by atoms with Gasteiger partial charge in [0.25, 0.3) is 0 Å². The van der Waals surface area contributed by atoms with Crippen molar-refractivity contribution in [3.05, 3.63) is 12.2 Å². The van der Waals surface area contributed by atoms with E-state index in [1.807, 2.05) is 6.08 Å². The van der Waals surface area contributed by atoms with Gasteiger partial charge in [0.2, 0.25) is 0 Å². The van der Waals surface area contributed by atoms with Crippen molar-refractivity contribution in [3.8, 4) is 0 Å². The van der Waals surface area contributed by atoms with Crippen molar-refractivity contribution in [1.29, 1.82) is 5.41 Å². The van der Waals surface area contributed by atoms with Gasteiger partial charge in [-0.15, -0.1) is 0 Å². The average Bonchev–Trinajstić information content (AvgIpc) is 1.87. The van der Waals surface area contributed by atoms with Crippen LogP contribution in [0.4, 0.5) is 0 Å². The second-order valence-corrected chi connectivity index (χ2v) is 2.35. The van der Waals surface area contributed by atoms with Crippen LogP contribution in [0.5, 0.6) is 0 Å². The highest BCUT2D eigenvalue weighted by atomic mass is 14.7. The summed E-state index contributed by atoms with van der Waals surface area (Å²) in [5.41, 5.74) is 5.10. The fourth-order valence-corrected chi connectivity index (χ4v) is 0.722. The molecular weight excluding hydrogens is 124 g/mol. The van der Waals surface area contributed by atoms with E-state index < -0.39 is 0 Å². The second-order valence-electron chi connectivity index (χ2n) is 2.35. The predicted molar refractivity (Wildman–Crippen MR) is 45.2 cm³/mol. The van der Waals surface area contributed by atoms with Crippen molar-refractivity contribution < 1.29 is 0 Å². The first-order valence-electron chi connectivity index (χ1n) is 3.78. The number of amidine groups is 1. The van der Waals surface area contributed by atoms with E-state index in [9.17, 15) is 0 Å². The van der Waals surface area contributed by atoms with Crippen LogP contribution < -0.4 is 5.73 Å². The zero-order valence-corrected chi connectivity index (χ0v) is 6.56. The molecule has 0 bridgehead atoms. The number of allylic oxidation sites excluding steroid dienone is 1. The molecule has 0 rings (SSSR count). The third-order valence-corrected chi connectivity index (χ3v) is 1.27. The van der Waals surface area contributed by atoms with E-state index in [1.165, 1.54) is 19.3 Å². The molecule has 0 aliphatic carbocycles. The van der Waals surface area contributed by atoms with Crippen LogP contribution in [-0.4, -0.2) is 5.84 Å². The summed E-state index contributed by atoms with van der Waals surface area (Å²) in [5, 5.41) is 6.87. The van der Waals surface area contributed by atoms with Crippen LogP contribution in [-0.2, 0) is 0 Å². The Morgan fingerprint density at radius 1 is 1.50 bits per heavy atom. The molecule has 0 radical (unpaired) electrons. The summed E-state index contributed by atoms with van der Waals surface area (Å²) in [5.74, 6) is 0.150. The fraction of sp³-hybridized carbons (Fsp3) is 0.625. The molecule has 0 saturated heterocycles. The molecule has 0 fully saturated rings. The molecule has 0 saturated carbocycles. The van der Waals surface area contributed by atoms with Crippen LogP contribution in [0, 0.1) is 5.41 Å². The van der Waals surface area contributed by atoms with Crippen molar-refractivity contribution in [2.24, 2.45) is 5.73 Å². The highest BCUT2D eigenvalue weighted by Gasteiger charge is 1.81. The molecule has 0 spiro atoms. The zero-order valence-electron chi connectivity index (χ0n) is 6.56. The minimum absolute atomic E-state index is 0.150. The Kier molecular flexibility index (Phi) is 5.83. The lowest BCUT2D eigenvalue weighted by Gasteiger charge is -1.90. The highest BCUT2D eigenvalue weighted by molar-refractivity contribution is 5.88. The monoisotopic (exact) mass is 140 g/mol. The normalized spacial score (nSPS) is 10.5. The number of nitrogens with two attached hydrogens (primary N) is 1. The third-order valence-electron chi connectivity index (χ3n) is 1.27. The molecule has 0 aromatic rings. The van der Waals surface area contributed by atoms with Crippen LogP contribution in [0.1, 0.15) is 32.6 Å². The van der Waals surface area contributed by atoms with Gasteiger partial charge >= 0.3 is 0 Å². The SMILES string of the molecule is CCCCC/C=C/C(=N)N. The second kappa shape index (κ2) is 6.33. The quantitative estimate of drug-likeness (QED) is 0.343. The molecule has 2 nitrogen and oxygen atoms in total. The van der Waals surface area contributed by atoms with Gasteiger partial charge in [-0.25, -0.2) is 0 Å². The van der Waals surface area contributed by atoms with E-state index in [0.717, 1.165) is 6.42 Å². The summed E-state index contributed by atoms with van der Waals surface area (Å²) in [6.07, 6.45) is 8.37. The molecule has 0 amide bonds. The lowest BCUT2D eigenvalue weighted by molar-refractivity contribution is 0.729. The lowest BCUT2D eigenvalue weighted by atomic mass is 10.2. The molecular formula is C8H16N2.